The summed E-state index contributed by atoms with van der Waals surface area (Å²) >= 11 is 13.7. The number of aromatic nitrogens is 1. The highest BCUT2D eigenvalue weighted by Gasteiger charge is 2.12. The normalized spacial score (nSPS) is 10.7. The van der Waals surface area contributed by atoms with Crippen molar-refractivity contribution < 1.29 is 4.79 Å². The predicted molar refractivity (Wildman–Crippen MR) is 122 cm³/mol. The van der Waals surface area contributed by atoms with E-state index in [4.69, 9.17) is 28.2 Å². The van der Waals surface area contributed by atoms with Crippen molar-refractivity contribution in [2.45, 2.75) is 6.92 Å². The third-order valence-electron chi connectivity index (χ3n) is 4.49. The fraction of sp³-hybridized carbons (Fsp3) is 0.0435. The summed E-state index contributed by atoms with van der Waals surface area (Å²) in [5.41, 5.74) is 5.25. The van der Waals surface area contributed by atoms with Gasteiger partial charge in [0.2, 0.25) is 0 Å². The molecule has 29 heavy (non-hydrogen) atoms. The predicted octanol–water partition coefficient (Wildman–Crippen LogP) is 7.34. The van der Waals surface area contributed by atoms with Crippen molar-refractivity contribution in [2.75, 3.05) is 5.32 Å². The number of hydrogen-bond acceptors (Lipinski definition) is 3. The van der Waals surface area contributed by atoms with Crippen molar-refractivity contribution in [3.8, 4) is 21.8 Å². The molecule has 0 fully saturated rings. The minimum atomic E-state index is -0.305. The quantitative estimate of drug-likeness (QED) is 0.361. The van der Waals surface area contributed by atoms with Crippen LogP contribution >= 0.6 is 34.5 Å². The lowest BCUT2D eigenvalue weighted by Gasteiger charge is -2.08. The first-order valence-corrected chi connectivity index (χ1v) is 10.5. The summed E-state index contributed by atoms with van der Waals surface area (Å²) < 4.78 is 0. The van der Waals surface area contributed by atoms with E-state index in [0.717, 1.165) is 21.8 Å². The Kier molecular flexibility index (Phi) is 5.67. The van der Waals surface area contributed by atoms with Gasteiger partial charge in [-0.15, -0.1) is 11.3 Å². The van der Waals surface area contributed by atoms with E-state index in [1.165, 1.54) is 5.56 Å². The Balaban J connectivity index is 1.52. The SMILES string of the molecule is Cc1ccccc1-c1nc(-c2ccc(NC(=O)c3cc(Cl)ccc3Cl)cc2)cs1. The summed E-state index contributed by atoms with van der Waals surface area (Å²) in [5, 5.41) is 6.70. The molecule has 6 heteroatoms. The molecule has 3 nitrogen and oxygen atoms in total. The Morgan fingerprint density at radius 2 is 1.76 bits per heavy atom. The standard InChI is InChI=1S/C23H16Cl2N2OS/c1-14-4-2-3-5-18(14)23-27-21(13-29-23)15-6-9-17(10-7-15)26-22(28)19-12-16(24)8-11-20(19)25/h2-13H,1H3,(H,26,28). The van der Waals surface area contributed by atoms with Gasteiger partial charge in [-0.2, -0.15) is 0 Å². The van der Waals surface area contributed by atoms with Crippen LogP contribution in [0.5, 0.6) is 0 Å². The van der Waals surface area contributed by atoms with Crippen LogP contribution in [-0.2, 0) is 0 Å². The lowest BCUT2D eigenvalue weighted by atomic mass is 10.1. The van der Waals surface area contributed by atoms with E-state index in [-0.39, 0.29) is 5.91 Å². The van der Waals surface area contributed by atoms with Crippen LogP contribution in [0.15, 0.2) is 72.1 Å². The number of nitrogens with zero attached hydrogens (tertiary/aromatic N) is 1. The van der Waals surface area contributed by atoms with Crippen molar-refractivity contribution in [3.63, 3.8) is 0 Å². The number of benzene rings is 3. The monoisotopic (exact) mass is 438 g/mol. The van der Waals surface area contributed by atoms with E-state index in [0.29, 0.717) is 21.3 Å². The van der Waals surface area contributed by atoms with Crippen LogP contribution in [0.25, 0.3) is 21.8 Å². The zero-order valence-corrected chi connectivity index (χ0v) is 17.8. The number of anilines is 1. The maximum absolute atomic E-state index is 12.5. The molecule has 1 N–H and O–H groups in total. The molecule has 0 bridgehead atoms. The molecule has 0 saturated heterocycles. The van der Waals surface area contributed by atoms with Crippen molar-refractivity contribution in [2.24, 2.45) is 0 Å². The van der Waals surface area contributed by atoms with E-state index in [1.807, 2.05) is 41.8 Å². The molecule has 1 heterocycles. The number of carbonyl (C=O) groups is 1. The summed E-state index contributed by atoms with van der Waals surface area (Å²) in [7, 11) is 0. The third kappa shape index (κ3) is 4.35. The zero-order chi connectivity index (χ0) is 20.4. The maximum Gasteiger partial charge on any atom is 0.257 e. The highest BCUT2D eigenvalue weighted by atomic mass is 35.5. The topological polar surface area (TPSA) is 42.0 Å². The molecule has 0 unspecified atom stereocenters. The minimum Gasteiger partial charge on any atom is -0.322 e. The second-order valence-corrected chi connectivity index (χ2v) is 8.21. The highest BCUT2D eigenvalue weighted by molar-refractivity contribution is 7.13. The van der Waals surface area contributed by atoms with Crippen LogP contribution in [0.3, 0.4) is 0 Å². The van der Waals surface area contributed by atoms with Crippen molar-refractivity contribution in [3.05, 3.63) is 93.3 Å². The fourth-order valence-corrected chi connectivity index (χ4v) is 4.23. The van der Waals surface area contributed by atoms with Gasteiger partial charge in [0, 0.05) is 27.2 Å². The summed E-state index contributed by atoms with van der Waals surface area (Å²) in [6, 6.07) is 20.6. The van der Waals surface area contributed by atoms with E-state index in [2.05, 4.69) is 24.4 Å². The van der Waals surface area contributed by atoms with Gasteiger partial charge in [-0.05, 0) is 42.8 Å². The van der Waals surface area contributed by atoms with Crippen LogP contribution in [-0.4, -0.2) is 10.9 Å². The Morgan fingerprint density at radius 1 is 1.00 bits per heavy atom. The van der Waals surface area contributed by atoms with E-state index >= 15 is 0 Å². The molecule has 4 aromatic rings. The van der Waals surface area contributed by atoms with Crippen molar-refractivity contribution in [1.82, 2.24) is 4.98 Å². The molecular formula is C23H16Cl2N2OS. The summed E-state index contributed by atoms with van der Waals surface area (Å²) in [5.74, 6) is -0.305. The number of carbonyl (C=O) groups excluding carboxylic acids is 1. The summed E-state index contributed by atoms with van der Waals surface area (Å²) in [6.07, 6.45) is 0. The van der Waals surface area contributed by atoms with E-state index in [1.54, 1.807) is 29.5 Å². The second kappa shape index (κ2) is 8.37. The van der Waals surface area contributed by atoms with E-state index in [9.17, 15) is 4.79 Å². The molecule has 1 amide bonds. The maximum atomic E-state index is 12.5. The van der Waals surface area contributed by atoms with Crippen LogP contribution < -0.4 is 5.32 Å². The lowest BCUT2D eigenvalue weighted by molar-refractivity contribution is 0.102. The number of halogens is 2. The summed E-state index contributed by atoms with van der Waals surface area (Å²) in [4.78, 5) is 17.2. The average molecular weight is 439 g/mol. The molecule has 144 valence electrons. The number of amides is 1. The van der Waals surface area contributed by atoms with Gasteiger partial charge in [-0.1, -0.05) is 59.6 Å². The van der Waals surface area contributed by atoms with Gasteiger partial charge in [-0.3, -0.25) is 4.79 Å². The molecule has 4 rings (SSSR count). The lowest BCUT2D eigenvalue weighted by Crippen LogP contribution is -2.12. The number of hydrogen-bond donors (Lipinski definition) is 1. The molecule has 0 aliphatic heterocycles. The highest BCUT2D eigenvalue weighted by Crippen LogP contribution is 2.31. The zero-order valence-electron chi connectivity index (χ0n) is 15.4. The fourth-order valence-electron chi connectivity index (χ4n) is 2.94. The van der Waals surface area contributed by atoms with Crippen LogP contribution in [0.1, 0.15) is 15.9 Å². The minimum absolute atomic E-state index is 0.305. The van der Waals surface area contributed by atoms with Crippen molar-refractivity contribution >= 4 is 46.1 Å². The van der Waals surface area contributed by atoms with Gasteiger partial charge < -0.3 is 5.32 Å². The molecule has 0 radical (unpaired) electrons. The molecule has 0 spiro atoms. The number of nitrogens with one attached hydrogen (secondary N) is 1. The smallest absolute Gasteiger partial charge is 0.257 e. The number of rotatable bonds is 4. The summed E-state index contributed by atoms with van der Waals surface area (Å²) in [6.45, 7) is 2.08. The molecule has 3 aromatic carbocycles. The molecule has 0 aliphatic carbocycles. The van der Waals surface area contributed by atoms with Crippen LogP contribution in [0.4, 0.5) is 5.69 Å². The first-order chi connectivity index (χ1) is 14.0. The second-order valence-electron chi connectivity index (χ2n) is 6.51. The Hall–Kier alpha value is -2.66. The van der Waals surface area contributed by atoms with Gasteiger partial charge in [0.15, 0.2) is 0 Å². The van der Waals surface area contributed by atoms with Crippen molar-refractivity contribution in [1.29, 1.82) is 0 Å². The first kappa shape index (κ1) is 19.6. The van der Waals surface area contributed by atoms with E-state index < -0.39 is 0 Å². The Labute approximate surface area is 183 Å². The first-order valence-electron chi connectivity index (χ1n) is 8.89. The molecule has 1 aromatic heterocycles. The van der Waals surface area contributed by atoms with Gasteiger partial charge in [0.25, 0.3) is 5.91 Å². The van der Waals surface area contributed by atoms with Gasteiger partial charge in [0.1, 0.15) is 5.01 Å². The van der Waals surface area contributed by atoms with Crippen LogP contribution in [0.2, 0.25) is 10.0 Å². The largest absolute Gasteiger partial charge is 0.322 e. The van der Waals surface area contributed by atoms with Gasteiger partial charge >= 0.3 is 0 Å². The molecule has 0 atom stereocenters. The molecule has 0 aliphatic rings. The molecule has 0 saturated carbocycles. The van der Waals surface area contributed by atoms with Gasteiger partial charge in [-0.25, -0.2) is 4.98 Å². The number of aryl methyl sites for hydroxylation is 1. The van der Waals surface area contributed by atoms with Gasteiger partial charge in [0.05, 0.1) is 16.3 Å². The number of thiazole rings is 1. The Bertz CT molecular complexity index is 1190. The third-order valence-corrected chi connectivity index (χ3v) is 5.93. The van der Waals surface area contributed by atoms with Crippen LogP contribution in [0, 0.1) is 6.92 Å². The average Bonchev–Trinajstić information content (AvgIpc) is 3.20. The molecular weight excluding hydrogens is 423 g/mol. The Morgan fingerprint density at radius 3 is 2.52 bits per heavy atom.